The number of carbonyl (C=O) groups excluding carboxylic acids is 3. The van der Waals surface area contributed by atoms with Crippen molar-refractivity contribution in [1.82, 2.24) is 0 Å². The monoisotopic (exact) mass is 349 g/mol. The van der Waals surface area contributed by atoms with Crippen molar-refractivity contribution in [2.45, 2.75) is 45.1 Å². The molecule has 0 spiro atoms. The van der Waals surface area contributed by atoms with Crippen molar-refractivity contribution in [3.8, 4) is 0 Å². The number of esters is 1. The number of aldehydes is 1. The third-order valence-electron chi connectivity index (χ3n) is 3.91. The topological polar surface area (TPSA) is 104 Å². The molecular weight excluding hydrogens is 326 g/mol. The number of carbonyl (C=O) groups is 3. The van der Waals surface area contributed by atoms with E-state index in [-0.39, 0.29) is 25.2 Å². The molecule has 0 unspecified atom stereocenters. The maximum absolute atomic E-state index is 11.7. The van der Waals surface area contributed by atoms with Crippen molar-refractivity contribution in [1.29, 1.82) is 0 Å². The van der Waals surface area contributed by atoms with Gasteiger partial charge in [0.2, 0.25) is 6.04 Å². The van der Waals surface area contributed by atoms with Crippen molar-refractivity contribution in [2.24, 2.45) is 5.92 Å². The first kappa shape index (κ1) is 20.5. The van der Waals surface area contributed by atoms with Crippen LogP contribution in [0, 0.1) is 16.0 Å². The average molecular weight is 349 g/mol. The van der Waals surface area contributed by atoms with E-state index >= 15 is 0 Å². The van der Waals surface area contributed by atoms with Gasteiger partial charge in [-0.25, -0.2) is 4.79 Å². The van der Waals surface area contributed by atoms with Crippen LogP contribution in [-0.4, -0.2) is 35.6 Å². The summed E-state index contributed by atoms with van der Waals surface area (Å²) in [6.07, 6.45) is 2.11. The normalized spacial score (nSPS) is 12.8. The van der Waals surface area contributed by atoms with Gasteiger partial charge >= 0.3 is 5.97 Å². The Labute approximate surface area is 146 Å². The molecule has 0 bridgehead atoms. The van der Waals surface area contributed by atoms with E-state index in [0.717, 1.165) is 0 Å². The number of nitrogens with zero attached hydrogens (tertiary/aromatic N) is 1. The van der Waals surface area contributed by atoms with Crippen LogP contribution in [-0.2, 0) is 14.3 Å². The third kappa shape index (κ3) is 7.69. The van der Waals surface area contributed by atoms with Gasteiger partial charge in [-0.1, -0.05) is 18.2 Å². The zero-order valence-corrected chi connectivity index (χ0v) is 14.3. The molecule has 7 heteroatoms. The van der Waals surface area contributed by atoms with E-state index in [1.54, 1.807) is 30.3 Å². The summed E-state index contributed by atoms with van der Waals surface area (Å²) in [5.41, 5.74) is 0.464. The largest absolute Gasteiger partial charge is 0.462 e. The van der Waals surface area contributed by atoms with Crippen molar-refractivity contribution in [2.75, 3.05) is 6.61 Å². The predicted molar refractivity (Wildman–Crippen MR) is 90.8 cm³/mol. The molecule has 0 heterocycles. The van der Waals surface area contributed by atoms with Crippen molar-refractivity contribution in [3.63, 3.8) is 0 Å². The van der Waals surface area contributed by atoms with Gasteiger partial charge in [0, 0.05) is 17.8 Å². The molecule has 0 aliphatic rings. The number of hydrogen-bond donors (Lipinski definition) is 0. The highest BCUT2D eigenvalue weighted by Gasteiger charge is 2.30. The Morgan fingerprint density at radius 2 is 1.88 bits per heavy atom. The second-order valence-corrected chi connectivity index (χ2v) is 5.89. The zero-order valence-electron chi connectivity index (χ0n) is 14.3. The molecule has 0 amide bonds. The van der Waals surface area contributed by atoms with Crippen molar-refractivity contribution < 1.29 is 24.0 Å². The lowest BCUT2D eigenvalue weighted by atomic mass is 9.92. The van der Waals surface area contributed by atoms with Gasteiger partial charge in [-0.2, -0.15) is 0 Å². The van der Waals surface area contributed by atoms with Crippen LogP contribution in [0.15, 0.2) is 30.3 Å². The van der Waals surface area contributed by atoms with Crippen LogP contribution < -0.4 is 0 Å². The highest BCUT2D eigenvalue weighted by Crippen LogP contribution is 2.18. The van der Waals surface area contributed by atoms with Crippen LogP contribution in [0.4, 0.5) is 0 Å². The summed E-state index contributed by atoms with van der Waals surface area (Å²) in [5.74, 6) is -1.29. The van der Waals surface area contributed by atoms with Gasteiger partial charge in [0.25, 0.3) is 0 Å². The molecule has 0 aliphatic heterocycles. The summed E-state index contributed by atoms with van der Waals surface area (Å²) in [6, 6.07) is 7.54. The van der Waals surface area contributed by atoms with E-state index in [0.29, 0.717) is 31.1 Å². The fraction of sp³-hybridized carbons (Fsp3) is 0.500. The fourth-order valence-electron chi connectivity index (χ4n) is 2.48. The molecule has 2 atom stereocenters. The number of rotatable bonds is 12. The second kappa shape index (κ2) is 11.1. The molecule has 1 rings (SSSR count). The lowest BCUT2D eigenvalue weighted by molar-refractivity contribution is -0.530. The van der Waals surface area contributed by atoms with Crippen LogP contribution in [0.25, 0.3) is 0 Å². The van der Waals surface area contributed by atoms with Gasteiger partial charge in [0.15, 0.2) is 0 Å². The van der Waals surface area contributed by atoms with Crippen LogP contribution in [0.5, 0.6) is 0 Å². The lowest BCUT2D eigenvalue weighted by Gasteiger charge is -2.15. The standard InChI is InChI=1S/C18H23NO6/c1-14(21)10-11-17(19(23)24)16(13-20)9-5-6-12-25-18(22)15-7-3-2-4-8-15/h2-4,7-8,13,16-17H,5-6,9-12H2,1H3/t16-,17+/m0/s1. The molecule has 0 N–H and O–H groups in total. The number of hydrogen-bond acceptors (Lipinski definition) is 6. The first-order valence-electron chi connectivity index (χ1n) is 8.26. The maximum atomic E-state index is 11.7. The fourth-order valence-corrected chi connectivity index (χ4v) is 2.48. The summed E-state index contributed by atoms with van der Waals surface area (Å²) in [6.45, 7) is 1.56. The van der Waals surface area contributed by atoms with E-state index in [2.05, 4.69) is 0 Å². The Bertz CT molecular complexity index is 586. The molecule has 0 aliphatic carbocycles. The molecule has 0 fully saturated rings. The summed E-state index contributed by atoms with van der Waals surface area (Å²) < 4.78 is 5.12. The summed E-state index contributed by atoms with van der Waals surface area (Å²) in [4.78, 5) is 44.5. The smallest absolute Gasteiger partial charge is 0.338 e. The minimum atomic E-state index is -1.05. The van der Waals surface area contributed by atoms with Gasteiger partial charge in [-0.15, -0.1) is 0 Å². The van der Waals surface area contributed by atoms with Crippen LogP contribution in [0.3, 0.4) is 0 Å². The van der Waals surface area contributed by atoms with E-state index in [1.165, 1.54) is 6.92 Å². The maximum Gasteiger partial charge on any atom is 0.338 e. The van der Waals surface area contributed by atoms with Gasteiger partial charge in [0.1, 0.15) is 12.1 Å². The number of unbranched alkanes of at least 4 members (excludes halogenated alkanes) is 1. The lowest BCUT2D eigenvalue weighted by Crippen LogP contribution is -2.31. The first-order valence-corrected chi connectivity index (χ1v) is 8.26. The van der Waals surface area contributed by atoms with Gasteiger partial charge < -0.3 is 14.3 Å². The number of Topliss-reactive ketones (excluding diaryl/α,β-unsaturated/α-hetero) is 1. The van der Waals surface area contributed by atoms with Crippen LogP contribution in [0.1, 0.15) is 49.4 Å². The minimum Gasteiger partial charge on any atom is -0.462 e. The molecule has 7 nitrogen and oxygen atoms in total. The summed E-state index contributed by atoms with van der Waals surface area (Å²) in [5, 5.41) is 11.1. The first-order chi connectivity index (χ1) is 12.0. The van der Waals surface area contributed by atoms with Crippen LogP contribution >= 0.6 is 0 Å². The molecule has 0 saturated heterocycles. The second-order valence-electron chi connectivity index (χ2n) is 5.89. The molecule has 0 radical (unpaired) electrons. The number of benzene rings is 1. The third-order valence-corrected chi connectivity index (χ3v) is 3.91. The average Bonchev–Trinajstić information content (AvgIpc) is 2.59. The Morgan fingerprint density at radius 3 is 2.44 bits per heavy atom. The Hall–Kier alpha value is -2.57. The summed E-state index contributed by atoms with van der Waals surface area (Å²) in [7, 11) is 0. The Morgan fingerprint density at radius 1 is 1.20 bits per heavy atom. The van der Waals surface area contributed by atoms with Gasteiger partial charge in [0.05, 0.1) is 18.1 Å². The predicted octanol–water partition coefficient (Wildman–Crippen LogP) is 2.84. The molecule has 0 saturated carbocycles. The van der Waals surface area contributed by atoms with Crippen molar-refractivity contribution >= 4 is 18.0 Å². The van der Waals surface area contributed by atoms with Crippen molar-refractivity contribution in [3.05, 3.63) is 46.0 Å². The molecule has 1 aromatic rings. The Kier molecular flexibility index (Phi) is 9.06. The quantitative estimate of drug-likeness (QED) is 0.189. The van der Waals surface area contributed by atoms with E-state index in [1.807, 2.05) is 0 Å². The highest BCUT2D eigenvalue weighted by atomic mass is 16.6. The molecular formula is C18H23NO6. The minimum absolute atomic E-state index is 0.0642. The Balaban J connectivity index is 2.36. The van der Waals surface area contributed by atoms with E-state index < -0.39 is 22.9 Å². The number of ether oxygens (including phenoxy) is 1. The number of nitro groups is 1. The summed E-state index contributed by atoms with van der Waals surface area (Å²) >= 11 is 0. The molecule has 136 valence electrons. The van der Waals surface area contributed by atoms with Crippen LogP contribution in [0.2, 0.25) is 0 Å². The van der Waals surface area contributed by atoms with Gasteiger partial charge in [-0.3, -0.25) is 10.1 Å². The zero-order chi connectivity index (χ0) is 18.7. The molecule has 25 heavy (non-hydrogen) atoms. The van der Waals surface area contributed by atoms with E-state index in [9.17, 15) is 24.5 Å². The highest BCUT2D eigenvalue weighted by molar-refractivity contribution is 5.89. The number of ketones is 1. The molecule has 0 aromatic heterocycles. The molecule has 1 aromatic carbocycles. The van der Waals surface area contributed by atoms with E-state index in [4.69, 9.17) is 4.74 Å². The van der Waals surface area contributed by atoms with Gasteiger partial charge in [-0.05, 0) is 38.3 Å². The SMILES string of the molecule is CC(=O)CC[C@H]([C@H](C=O)CCCCOC(=O)c1ccccc1)[N+](=O)[O-].